The number of rotatable bonds is 7. The third-order valence-corrected chi connectivity index (χ3v) is 7.51. The van der Waals surface area contributed by atoms with E-state index in [0.717, 1.165) is 26.4 Å². The van der Waals surface area contributed by atoms with E-state index in [4.69, 9.17) is 4.74 Å². The van der Waals surface area contributed by atoms with E-state index >= 15 is 0 Å². The number of thiophene rings is 1. The van der Waals surface area contributed by atoms with E-state index < -0.39 is 36.9 Å². The monoisotopic (exact) mass is 490 g/mol. The van der Waals surface area contributed by atoms with Gasteiger partial charge in [-0.05, 0) is 46.9 Å². The van der Waals surface area contributed by atoms with Crippen LogP contribution in [0.15, 0.2) is 54.6 Å². The van der Waals surface area contributed by atoms with Gasteiger partial charge < -0.3 is 25.2 Å². The third-order valence-electron chi connectivity index (χ3n) is 6.38. The third kappa shape index (κ3) is 4.93. The Morgan fingerprint density at radius 1 is 1.12 bits per heavy atom. The lowest BCUT2D eigenvalue weighted by atomic mass is 9.78. The van der Waals surface area contributed by atoms with Gasteiger partial charge in [0.15, 0.2) is 0 Å². The van der Waals surface area contributed by atoms with E-state index in [2.05, 4.69) is 0 Å². The van der Waals surface area contributed by atoms with Gasteiger partial charge in [-0.15, -0.1) is 11.3 Å². The number of hydrogen-bond acceptors (Lipinski definition) is 6. The average Bonchev–Trinajstić information content (AvgIpc) is 3.27. The largest absolute Gasteiger partial charge is 0.394 e. The highest BCUT2D eigenvalue weighted by Gasteiger charge is 2.52. The Morgan fingerprint density at radius 2 is 1.91 bits per heavy atom. The molecule has 8 heteroatoms. The van der Waals surface area contributed by atoms with Crippen molar-refractivity contribution >= 4 is 11.3 Å². The number of aliphatic hydroxyl groups is 4. The molecule has 2 aromatic carbocycles. The van der Waals surface area contributed by atoms with Crippen LogP contribution < -0.4 is 0 Å². The van der Waals surface area contributed by atoms with Gasteiger partial charge in [0, 0.05) is 22.6 Å². The summed E-state index contributed by atoms with van der Waals surface area (Å²) in [4.78, 5) is 2.01. The first-order valence-electron chi connectivity index (χ1n) is 11.1. The van der Waals surface area contributed by atoms with Crippen molar-refractivity contribution < 1.29 is 33.9 Å². The van der Waals surface area contributed by atoms with Crippen LogP contribution >= 0.6 is 11.3 Å². The SMILES string of the molecule is Cc1ccc([C@@]2(O)[C@H](O)[C@@H](O)CO[C@@H]2CO)cc1Cc1ccc(-c2cccc(CC(F)F)c2)s1. The van der Waals surface area contributed by atoms with Crippen molar-refractivity contribution in [3.8, 4) is 10.4 Å². The van der Waals surface area contributed by atoms with Gasteiger partial charge in [0.2, 0.25) is 6.43 Å². The molecule has 34 heavy (non-hydrogen) atoms. The zero-order valence-corrected chi connectivity index (χ0v) is 19.5. The maximum absolute atomic E-state index is 12.8. The van der Waals surface area contributed by atoms with Crippen molar-refractivity contribution in [2.24, 2.45) is 0 Å². The second kappa shape index (κ2) is 10.2. The van der Waals surface area contributed by atoms with Gasteiger partial charge in [-0.2, -0.15) is 0 Å². The molecule has 3 aromatic rings. The van der Waals surface area contributed by atoms with Crippen LogP contribution in [0.5, 0.6) is 0 Å². The van der Waals surface area contributed by atoms with Crippen LogP contribution in [-0.4, -0.2) is 58.4 Å². The fourth-order valence-electron chi connectivity index (χ4n) is 4.42. The molecular weight excluding hydrogens is 462 g/mol. The summed E-state index contributed by atoms with van der Waals surface area (Å²) < 4.78 is 30.9. The summed E-state index contributed by atoms with van der Waals surface area (Å²) in [6.45, 7) is 1.25. The van der Waals surface area contributed by atoms with Crippen LogP contribution in [-0.2, 0) is 23.2 Å². The average molecular weight is 491 g/mol. The molecule has 4 rings (SSSR count). The second-order valence-electron chi connectivity index (χ2n) is 8.72. The fourth-order valence-corrected chi connectivity index (χ4v) is 5.45. The van der Waals surface area contributed by atoms with Crippen LogP contribution in [0.25, 0.3) is 10.4 Å². The molecule has 0 amide bonds. The zero-order valence-electron chi connectivity index (χ0n) is 18.7. The van der Waals surface area contributed by atoms with Crippen molar-refractivity contribution in [2.75, 3.05) is 13.2 Å². The Labute approximate surface area is 200 Å². The number of alkyl halides is 2. The first-order chi connectivity index (χ1) is 16.2. The maximum atomic E-state index is 12.8. The van der Waals surface area contributed by atoms with Gasteiger partial charge in [-0.25, -0.2) is 8.78 Å². The molecule has 1 aromatic heterocycles. The Kier molecular flexibility index (Phi) is 7.47. The van der Waals surface area contributed by atoms with Crippen LogP contribution in [0.4, 0.5) is 8.78 Å². The van der Waals surface area contributed by atoms with Gasteiger partial charge in [-0.1, -0.05) is 42.5 Å². The molecule has 1 fully saturated rings. The predicted molar refractivity (Wildman–Crippen MR) is 126 cm³/mol. The smallest absolute Gasteiger partial charge is 0.242 e. The van der Waals surface area contributed by atoms with E-state index in [1.807, 2.05) is 31.2 Å². The van der Waals surface area contributed by atoms with Crippen molar-refractivity contribution in [2.45, 2.75) is 50.1 Å². The molecule has 4 N–H and O–H groups in total. The molecule has 0 aliphatic carbocycles. The molecule has 1 aliphatic rings. The Balaban J connectivity index is 1.60. The van der Waals surface area contributed by atoms with Gasteiger partial charge in [0.25, 0.3) is 0 Å². The number of aliphatic hydroxyl groups excluding tert-OH is 3. The van der Waals surface area contributed by atoms with Crippen LogP contribution in [0.2, 0.25) is 0 Å². The quantitative estimate of drug-likeness (QED) is 0.408. The highest BCUT2D eigenvalue weighted by Crippen LogP contribution is 2.38. The molecule has 182 valence electrons. The van der Waals surface area contributed by atoms with E-state index in [9.17, 15) is 29.2 Å². The topological polar surface area (TPSA) is 90.2 Å². The van der Waals surface area contributed by atoms with E-state index in [-0.39, 0.29) is 13.0 Å². The lowest BCUT2D eigenvalue weighted by molar-refractivity contribution is -0.255. The lowest BCUT2D eigenvalue weighted by Gasteiger charge is -2.45. The molecule has 1 saturated heterocycles. The van der Waals surface area contributed by atoms with Crippen LogP contribution in [0.3, 0.4) is 0 Å². The molecule has 0 saturated carbocycles. The first-order valence-corrected chi connectivity index (χ1v) is 11.9. The minimum Gasteiger partial charge on any atom is -0.394 e. The molecule has 0 spiro atoms. The second-order valence-corrected chi connectivity index (χ2v) is 9.89. The highest BCUT2D eigenvalue weighted by atomic mass is 32.1. The summed E-state index contributed by atoms with van der Waals surface area (Å²) in [5.41, 5.74) is 1.77. The van der Waals surface area contributed by atoms with Gasteiger partial charge in [-0.3, -0.25) is 0 Å². The fraction of sp³-hybridized carbons (Fsp3) is 0.385. The van der Waals surface area contributed by atoms with Gasteiger partial charge in [0.05, 0.1) is 13.2 Å². The lowest BCUT2D eigenvalue weighted by Crippen LogP contribution is -2.61. The van der Waals surface area contributed by atoms with Gasteiger partial charge >= 0.3 is 0 Å². The number of aryl methyl sites for hydroxylation is 1. The molecule has 0 unspecified atom stereocenters. The standard InChI is InChI=1S/C26H28F2O5S/c1-15-5-6-19(26(32)23(13-29)33-14-21(30)25(26)31)11-18(15)12-20-7-8-22(34-20)17-4-2-3-16(9-17)10-24(27)28/h2-9,11,21,23-25,29-32H,10,12-14H2,1H3/t21-,23+,25+,26-/m0/s1. The number of ether oxygens (including phenoxy) is 1. The summed E-state index contributed by atoms with van der Waals surface area (Å²) in [5.74, 6) is 0. The van der Waals surface area contributed by atoms with Crippen molar-refractivity contribution in [3.05, 3.63) is 81.7 Å². The summed E-state index contributed by atoms with van der Waals surface area (Å²) >= 11 is 1.56. The van der Waals surface area contributed by atoms with Crippen LogP contribution in [0, 0.1) is 6.92 Å². The summed E-state index contributed by atoms with van der Waals surface area (Å²) in [6, 6.07) is 16.4. The molecule has 2 heterocycles. The summed E-state index contributed by atoms with van der Waals surface area (Å²) in [5, 5.41) is 41.7. The minimum atomic E-state index is -2.39. The predicted octanol–water partition coefficient (Wildman–Crippen LogP) is 3.42. The minimum absolute atomic E-state index is 0.177. The number of benzene rings is 2. The zero-order chi connectivity index (χ0) is 24.5. The Hall–Kier alpha value is -2.20. The van der Waals surface area contributed by atoms with Crippen molar-refractivity contribution in [1.29, 1.82) is 0 Å². The molecule has 4 atom stereocenters. The number of hydrogen-bond donors (Lipinski definition) is 4. The first kappa shape index (κ1) is 24.9. The van der Waals surface area contributed by atoms with Crippen molar-refractivity contribution in [3.63, 3.8) is 0 Å². The van der Waals surface area contributed by atoms with E-state index in [1.54, 1.807) is 41.7 Å². The normalized spacial score (nSPS) is 25.1. The molecule has 1 aliphatic heterocycles. The molecule has 5 nitrogen and oxygen atoms in total. The maximum Gasteiger partial charge on any atom is 0.242 e. The Bertz CT molecular complexity index is 1130. The summed E-state index contributed by atoms with van der Waals surface area (Å²) in [6.07, 6.45) is -5.98. The van der Waals surface area contributed by atoms with Crippen molar-refractivity contribution in [1.82, 2.24) is 0 Å². The molecule has 0 bridgehead atoms. The van der Waals surface area contributed by atoms with E-state index in [0.29, 0.717) is 17.5 Å². The molecule has 0 radical (unpaired) electrons. The highest BCUT2D eigenvalue weighted by molar-refractivity contribution is 7.15. The van der Waals surface area contributed by atoms with Gasteiger partial charge in [0.1, 0.15) is 23.9 Å². The Morgan fingerprint density at radius 3 is 2.65 bits per heavy atom. The number of halogens is 2. The summed E-state index contributed by atoms with van der Waals surface area (Å²) in [7, 11) is 0. The van der Waals surface area contributed by atoms with E-state index in [1.165, 1.54) is 0 Å². The molecular formula is C26H28F2O5S. The van der Waals surface area contributed by atoms with Crippen LogP contribution in [0.1, 0.15) is 27.1 Å².